The Hall–Kier alpha value is -2.07. The van der Waals surface area contributed by atoms with Crippen LogP contribution in [0.25, 0.3) is 0 Å². The normalized spacial score (nSPS) is 10.5. The topological polar surface area (TPSA) is 43.3 Å². The van der Waals surface area contributed by atoms with Gasteiger partial charge in [-0.3, -0.25) is 0 Å². The smallest absolute Gasteiger partial charge is 0.337 e. The van der Waals surface area contributed by atoms with Gasteiger partial charge in [0.15, 0.2) is 0 Å². The van der Waals surface area contributed by atoms with Gasteiger partial charge in [0.1, 0.15) is 0 Å². The number of nitrogens with zero attached hydrogens (tertiary/aromatic N) is 1. The highest BCUT2D eigenvalue weighted by molar-refractivity contribution is 5.89. The first-order valence-corrected chi connectivity index (χ1v) is 6.76. The fourth-order valence-electron chi connectivity index (χ4n) is 2.08. The minimum Gasteiger partial charge on any atom is -0.465 e. The van der Waals surface area contributed by atoms with Crippen molar-refractivity contribution in [2.75, 3.05) is 13.7 Å². The van der Waals surface area contributed by atoms with Crippen LogP contribution in [-0.4, -0.2) is 24.2 Å². The SMILES string of the molecule is CCNCc1cccn1Cc1ccc(C(=O)OC)cc1. The van der Waals surface area contributed by atoms with Crippen LogP contribution in [0.3, 0.4) is 0 Å². The van der Waals surface area contributed by atoms with E-state index in [1.54, 1.807) is 12.1 Å². The van der Waals surface area contributed by atoms with E-state index in [0.717, 1.165) is 25.2 Å². The second kappa shape index (κ2) is 6.91. The predicted molar refractivity (Wildman–Crippen MR) is 78.7 cm³/mol. The largest absolute Gasteiger partial charge is 0.465 e. The number of methoxy groups -OCH3 is 1. The number of ether oxygens (including phenoxy) is 1. The zero-order chi connectivity index (χ0) is 14.4. The number of hydrogen-bond acceptors (Lipinski definition) is 3. The lowest BCUT2D eigenvalue weighted by atomic mass is 10.1. The van der Waals surface area contributed by atoms with E-state index in [9.17, 15) is 4.79 Å². The van der Waals surface area contributed by atoms with E-state index in [2.05, 4.69) is 35.1 Å². The van der Waals surface area contributed by atoms with Crippen molar-refractivity contribution < 1.29 is 9.53 Å². The van der Waals surface area contributed by atoms with E-state index in [-0.39, 0.29) is 5.97 Å². The van der Waals surface area contributed by atoms with Gasteiger partial charge in [-0.05, 0) is 36.4 Å². The zero-order valence-corrected chi connectivity index (χ0v) is 11.9. The monoisotopic (exact) mass is 272 g/mol. The summed E-state index contributed by atoms with van der Waals surface area (Å²) < 4.78 is 6.90. The number of carbonyl (C=O) groups excluding carboxylic acids is 1. The first kappa shape index (κ1) is 14.3. The maximum atomic E-state index is 11.4. The number of rotatable bonds is 6. The molecule has 4 heteroatoms. The van der Waals surface area contributed by atoms with Gasteiger partial charge in [0.25, 0.3) is 0 Å². The van der Waals surface area contributed by atoms with Crippen LogP contribution in [-0.2, 0) is 17.8 Å². The van der Waals surface area contributed by atoms with Crippen molar-refractivity contribution in [1.29, 1.82) is 0 Å². The molecule has 1 heterocycles. The fourth-order valence-corrected chi connectivity index (χ4v) is 2.08. The van der Waals surface area contributed by atoms with Crippen molar-refractivity contribution >= 4 is 5.97 Å². The van der Waals surface area contributed by atoms with Crippen LogP contribution in [0, 0.1) is 0 Å². The minimum atomic E-state index is -0.301. The summed E-state index contributed by atoms with van der Waals surface area (Å²) in [6.45, 7) is 4.72. The third kappa shape index (κ3) is 3.48. The van der Waals surface area contributed by atoms with Crippen molar-refractivity contribution in [3.63, 3.8) is 0 Å². The van der Waals surface area contributed by atoms with E-state index < -0.39 is 0 Å². The summed E-state index contributed by atoms with van der Waals surface area (Å²) >= 11 is 0. The van der Waals surface area contributed by atoms with E-state index in [1.807, 2.05) is 12.1 Å². The Morgan fingerprint density at radius 2 is 2.00 bits per heavy atom. The Kier molecular flexibility index (Phi) is 4.96. The molecular weight excluding hydrogens is 252 g/mol. The summed E-state index contributed by atoms with van der Waals surface area (Å²) in [6.07, 6.45) is 2.07. The molecule has 0 saturated carbocycles. The average molecular weight is 272 g/mol. The van der Waals surface area contributed by atoms with Gasteiger partial charge >= 0.3 is 5.97 Å². The van der Waals surface area contributed by atoms with Crippen LogP contribution in [0.4, 0.5) is 0 Å². The Morgan fingerprint density at radius 3 is 2.65 bits per heavy atom. The van der Waals surface area contributed by atoms with Gasteiger partial charge in [-0.15, -0.1) is 0 Å². The predicted octanol–water partition coefficient (Wildman–Crippen LogP) is 2.43. The molecule has 0 unspecified atom stereocenters. The summed E-state index contributed by atoms with van der Waals surface area (Å²) in [7, 11) is 1.39. The van der Waals surface area contributed by atoms with Crippen LogP contribution in [0.1, 0.15) is 28.5 Å². The highest BCUT2D eigenvalue weighted by Crippen LogP contribution is 2.10. The molecule has 106 valence electrons. The zero-order valence-electron chi connectivity index (χ0n) is 11.9. The summed E-state index contributed by atoms with van der Waals surface area (Å²) in [4.78, 5) is 11.4. The lowest BCUT2D eigenvalue weighted by molar-refractivity contribution is 0.0600. The second-order valence-electron chi connectivity index (χ2n) is 4.60. The molecule has 0 aliphatic carbocycles. The first-order valence-electron chi connectivity index (χ1n) is 6.76. The van der Waals surface area contributed by atoms with Gasteiger partial charge < -0.3 is 14.6 Å². The number of benzene rings is 1. The van der Waals surface area contributed by atoms with Crippen molar-refractivity contribution in [2.45, 2.75) is 20.0 Å². The molecule has 0 saturated heterocycles. The summed E-state index contributed by atoms with van der Waals surface area (Å²) in [5.74, 6) is -0.301. The Morgan fingerprint density at radius 1 is 1.25 bits per heavy atom. The number of carbonyl (C=O) groups is 1. The fraction of sp³-hybridized carbons (Fsp3) is 0.312. The molecule has 2 rings (SSSR count). The maximum Gasteiger partial charge on any atom is 0.337 e. The summed E-state index contributed by atoms with van der Waals surface area (Å²) in [5.41, 5.74) is 2.99. The van der Waals surface area contributed by atoms with Gasteiger partial charge in [-0.1, -0.05) is 19.1 Å². The average Bonchev–Trinajstić information content (AvgIpc) is 2.92. The Labute approximate surface area is 119 Å². The number of esters is 1. The highest BCUT2D eigenvalue weighted by Gasteiger charge is 2.05. The molecule has 2 aromatic rings. The molecular formula is C16H20N2O2. The van der Waals surface area contributed by atoms with Gasteiger partial charge in [0.2, 0.25) is 0 Å². The number of hydrogen-bond donors (Lipinski definition) is 1. The second-order valence-corrected chi connectivity index (χ2v) is 4.60. The highest BCUT2D eigenvalue weighted by atomic mass is 16.5. The molecule has 1 aromatic carbocycles. The van der Waals surface area contributed by atoms with Crippen LogP contribution in [0.15, 0.2) is 42.6 Å². The van der Waals surface area contributed by atoms with Gasteiger partial charge in [-0.25, -0.2) is 4.79 Å². The van der Waals surface area contributed by atoms with Crippen molar-refractivity contribution in [3.8, 4) is 0 Å². The molecule has 0 atom stereocenters. The van der Waals surface area contributed by atoms with Crippen molar-refractivity contribution in [3.05, 3.63) is 59.4 Å². The molecule has 1 aromatic heterocycles. The van der Waals surface area contributed by atoms with Crippen LogP contribution in [0.2, 0.25) is 0 Å². The molecule has 0 aliphatic rings. The van der Waals surface area contributed by atoms with Crippen LogP contribution < -0.4 is 5.32 Å². The molecule has 0 aliphatic heterocycles. The van der Waals surface area contributed by atoms with Crippen LogP contribution >= 0.6 is 0 Å². The molecule has 4 nitrogen and oxygen atoms in total. The lowest BCUT2D eigenvalue weighted by Crippen LogP contribution is -2.15. The van der Waals surface area contributed by atoms with Gasteiger partial charge in [0.05, 0.1) is 12.7 Å². The first-order chi connectivity index (χ1) is 9.74. The third-order valence-corrected chi connectivity index (χ3v) is 3.21. The van der Waals surface area contributed by atoms with Gasteiger partial charge in [-0.2, -0.15) is 0 Å². The summed E-state index contributed by atoms with van der Waals surface area (Å²) in [6, 6.07) is 11.7. The van der Waals surface area contributed by atoms with E-state index in [1.165, 1.54) is 12.8 Å². The van der Waals surface area contributed by atoms with Gasteiger partial charge in [0, 0.05) is 25.0 Å². The van der Waals surface area contributed by atoms with Crippen molar-refractivity contribution in [2.24, 2.45) is 0 Å². The quantitative estimate of drug-likeness (QED) is 0.821. The standard InChI is InChI=1S/C16H20N2O2/c1-3-17-11-15-5-4-10-18(15)12-13-6-8-14(9-7-13)16(19)20-2/h4-10,17H,3,11-12H2,1-2H3. The molecule has 20 heavy (non-hydrogen) atoms. The molecule has 1 N–H and O–H groups in total. The molecule has 0 bridgehead atoms. The van der Waals surface area contributed by atoms with Crippen molar-refractivity contribution in [1.82, 2.24) is 9.88 Å². The number of aromatic nitrogens is 1. The Balaban J connectivity index is 2.06. The van der Waals surface area contributed by atoms with E-state index in [0.29, 0.717) is 5.56 Å². The minimum absolute atomic E-state index is 0.301. The van der Waals surface area contributed by atoms with E-state index >= 15 is 0 Å². The van der Waals surface area contributed by atoms with Crippen LogP contribution in [0.5, 0.6) is 0 Å². The number of nitrogens with one attached hydrogen (secondary N) is 1. The molecule has 0 amide bonds. The summed E-state index contributed by atoms with van der Waals surface area (Å²) in [5, 5.41) is 3.33. The third-order valence-electron chi connectivity index (χ3n) is 3.21. The maximum absolute atomic E-state index is 11.4. The molecule has 0 spiro atoms. The van der Waals surface area contributed by atoms with E-state index in [4.69, 9.17) is 4.74 Å². The molecule has 0 radical (unpaired) electrons. The lowest BCUT2D eigenvalue weighted by Gasteiger charge is -2.10. The Bertz CT molecular complexity index is 558. The molecule has 0 fully saturated rings.